The van der Waals surface area contributed by atoms with Crippen LogP contribution in [0.5, 0.6) is 11.5 Å². The number of carbonyl (C=O) groups is 1. The van der Waals surface area contributed by atoms with Crippen LogP contribution in [0.25, 0.3) is 0 Å². The van der Waals surface area contributed by atoms with Gasteiger partial charge in [0.1, 0.15) is 23.9 Å². The van der Waals surface area contributed by atoms with Crippen LogP contribution in [0.4, 0.5) is 5.69 Å². The molecule has 7 nitrogen and oxygen atoms in total. The number of fused-ring (bicyclic) bond motifs is 2. The van der Waals surface area contributed by atoms with Gasteiger partial charge in [0.25, 0.3) is 0 Å². The molecule has 0 N–H and O–H groups in total. The molecule has 158 valence electrons. The van der Waals surface area contributed by atoms with E-state index in [1.54, 1.807) is 0 Å². The van der Waals surface area contributed by atoms with Crippen molar-refractivity contribution in [3.05, 3.63) is 53.1 Å². The molecule has 0 radical (unpaired) electrons. The fraction of sp³-hybridized carbons (Fsp3) is 0.364. The van der Waals surface area contributed by atoms with Crippen LogP contribution in [-0.2, 0) is 14.3 Å². The molecule has 2 aromatic rings. The number of amidine groups is 1. The van der Waals surface area contributed by atoms with Crippen molar-refractivity contribution < 1.29 is 19.0 Å². The zero-order valence-electron chi connectivity index (χ0n) is 17.0. The Morgan fingerprint density at radius 2 is 2.07 bits per heavy atom. The average molecular weight is 430 g/mol. The minimum atomic E-state index is -0.379. The number of para-hydroxylation sites is 2. The van der Waals surface area contributed by atoms with Gasteiger partial charge in [0, 0.05) is 24.7 Å². The molecule has 0 amide bonds. The van der Waals surface area contributed by atoms with Crippen LogP contribution in [-0.4, -0.2) is 74.7 Å². The van der Waals surface area contributed by atoms with Crippen molar-refractivity contribution in [1.29, 1.82) is 0 Å². The number of benzene rings is 2. The first-order valence-corrected chi connectivity index (χ1v) is 10.2. The van der Waals surface area contributed by atoms with Crippen molar-refractivity contribution >= 4 is 29.1 Å². The summed E-state index contributed by atoms with van der Waals surface area (Å²) in [6.45, 7) is 2.71. The molecule has 30 heavy (non-hydrogen) atoms. The summed E-state index contributed by atoms with van der Waals surface area (Å²) in [5, 5.41) is 0.628. The van der Waals surface area contributed by atoms with Gasteiger partial charge in [0.05, 0.1) is 25.3 Å². The monoisotopic (exact) mass is 429 g/mol. The first-order chi connectivity index (χ1) is 14.5. The minimum absolute atomic E-state index is 0.0541. The second-order valence-electron chi connectivity index (χ2n) is 7.32. The number of nitrogens with zero attached hydrogens (tertiary/aromatic N) is 3. The highest BCUT2D eigenvalue weighted by Gasteiger charge is 2.30. The van der Waals surface area contributed by atoms with E-state index in [0.717, 1.165) is 35.9 Å². The Labute approximate surface area is 180 Å². The topological polar surface area (TPSA) is 63.6 Å². The molecular formula is C22H24ClN3O4. The molecular weight excluding hydrogens is 406 g/mol. The lowest BCUT2D eigenvalue weighted by atomic mass is 10.1. The van der Waals surface area contributed by atoms with Crippen LogP contribution in [0.3, 0.4) is 0 Å². The van der Waals surface area contributed by atoms with E-state index in [1.165, 1.54) is 7.11 Å². The number of halogens is 1. The first-order valence-electron chi connectivity index (χ1n) is 9.80. The number of piperazine rings is 1. The molecule has 1 saturated heterocycles. The van der Waals surface area contributed by atoms with Crippen molar-refractivity contribution in [2.24, 2.45) is 4.99 Å². The van der Waals surface area contributed by atoms with Crippen molar-refractivity contribution in [1.82, 2.24) is 9.80 Å². The van der Waals surface area contributed by atoms with Crippen LogP contribution >= 0.6 is 11.6 Å². The molecule has 2 aromatic carbocycles. The third-order valence-electron chi connectivity index (χ3n) is 5.33. The zero-order chi connectivity index (χ0) is 21.1. The smallest absolute Gasteiger partial charge is 0.331 e. The van der Waals surface area contributed by atoms with Gasteiger partial charge in [-0.3, -0.25) is 4.90 Å². The van der Waals surface area contributed by atoms with Gasteiger partial charge in [0.15, 0.2) is 5.75 Å². The van der Waals surface area contributed by atoms with Gasteiger partial charge in [-0.1, -0.05) is 23.7 Å². The Hall–Kier alpha value is -2.61. The Kier molecular flexibility index (Phi) is 6.22. The van der Waals surface area contributed by atoms with Gasteiger partial charge in [0.2, 0.25) is 0 Å². The lowest BCUT2D eigenvalue weighted by Gasteiger charge is -2.40. The molecule has 0 saturated carbocycles. The standard InChI is InChI=1S/C22H24ClN3O4/c1-25-9-10-26(12-16(25)13-29-14-21(27)28-2)22-17-11-15(23)7-8-19(17)30-20-6-4-3-5-18(20)24-22/h3-8,11,16H,9-10,12-14H2,1-2H3. The minimum Gasteiger partial charge on any atom is -0.467 e. The number of ether oxygens (including phenoxy) is 3. The highest BCUT2D eigenvalue weighted by molar-refractivity contribution is 6.31. The van der Waals surface area contributed by atoms with E-state index < -0.39 is 0 Å². The van der Waals surface area contributed by atoms with Crippen molar-refractivity contribution in [2.45, 2.75) is 6.04 Å². The van der Waals surface area contributed by atoms with Gasteiger partial charge in [-0.15, -0.1) is 0 Å². The summed E-state index contributed by atoms with van der Waals surface area (Å²) in [6, 6.07) is 13.4. The van der Waals surface area contributed by atoms with Crippen molar-refractivity contribution in [3.8, 4) is 11.5 Å². The molecule has 1 atom stereocenters. The lowest BCUT2D eigenvalue weighted by molar-refractivity contribution is -0.146. The summed E-state index contributed by atoms with van der Waals surface area (Å²) in [7, 11) is 3.41. The number of hydrogen-bond donors (Lipinski definition) is 0. The Bertz CT molecular complexity index is 965. The highest BCUT2D eigenvalue weighted by atomic mass is 35.5. The van der Waals surface area contributed by atoms with Gasteiger partial charge < -0.3 is 19.1 Å². The molecule has 2 aliphatic rings. The van der Waals surface area contributed by atoms with Crippen LogP contribution < -0.4 is 4.74 Å². The summed E-state index contributed by atoms with van der Waals surface area (Å²) < 4.78 is 16.4. The average Bonchev–Trinajstić information content (AvgIpc) is 2.91. The molecule has 0 aromatic heterocycles. The second-order valence-corrected chi connectivity index (χ2v) is 7.75. The molecule has 1 fully saturated rings. The maximum absolute atomic E-state index is 11.4. The van der Waals surface area contributed by atoms with E-state index in [2.05, 4.69) is 21.6 Å². The molecule has 0 spiro atoms. The number of rotatable bonds is 4. The second kappa shape index (κ2) is 9.04. The maximum atomic E-state index is 11.4. The predicted molar refractivity (Wildman–Crippen MR) is 115 cm³/mol. The number of carbonyl (C=O) groups excluding carboxylic acids is 1. The first kappa shape index (κ1) is 20.7. The number of likely N-dealkylation sites (N-methyl/N-ethyl adjacent to an activating group) is 1. The molecule has 8 heteroatoms. The van der Waals surface area contributed by atoms with Crippen LogP contribution in [0, 0.1) is 0 Å². The van der Waals surface area contributed by atoms with Crippen LogP contribution in [0.15, 0.2) is 47.5 Å². The quantitative estimate of drug-likeness (QED) is 0.695. The van der Waals surface area contributed by atoms with Crippen molar-refractivity contribution in [2.75, 3.05) is 47.0 Å². The Morgan fingerprint density at radius 1 is 1.23 bits per heavy atom. The fourth-order valence-corrected chi connectivity index (χ4v) is 3.76. The number of aliphatic imine (C=N–C) groups is 1. The third kappa shape index (κ3) is 4.43. The highest BCUT2D eigenvalue weighted by Crippen LogP contribution is 2.39. The molecule has 2 aliphatic heterocycles. The SMILES string of the molecule is COC(=O)COCC1CN(C2=Nc3ccccc3Oc3ccc(Cl)cc32)CCN1C. The lowest BCUT2D eigenvalue weighted by Crippen LogP contribution is -2.55. The number of hydrogen-bond acceptors (Lipinski definition) is 7. The van der Waals surface area contributed by atoms with Crippen molar-refractivity contribution in [3.63, 3.8) is 0 Å². The summed E-state index contributed by atoms with van der Waals surface area (Å²) in [6.07, 6.45) is 0. The van der Waals surface area contributed by atoms with E-state index in [4.69, 9.17) is 26.1 Å². The van der Waals surface area contributed by atoms with E-state index in [-0.39, 0.29) is 18.6 Å². The largest absolute Gasteiger partial charge is 0.467 e. The van der Waals surface area contributed by atoms with E-state index in [0.29, 0.717) is 23.9 Å². The zero-order valence-corrected chi connectivity index (χ0v) is 17.8. The van der Waals surface area contributed by atoms with E-state index in [1.807, 2.05) is 42.5 Å². The Morgan fingerprint density at radius 3 is 2.90 bits per heavy atom. The van der Waals surface area contributed by atoms with Gasteiger partial charge in [-0.25, -0.2) is 9.79 Å². The number of methoxy groups -OCH3 is 1. The molecule has 2 heterocycles. The normalized spacial score (nSPS) is 18.6. The predicted octanol–water partition coefficient (Wildman–Crippen LogP) is 3.33. The van der Waals surface area contributed by atoms with Crippen LogP contribution in [0.2, 0.25) is 5.02 Å². The van der Waals surface area contributed by atoms with E-state index in [9.17, 15) is 4.79 Å². The molecule has 1 unspecified atom stereocenters. The van der Waals surface area contributed by atoms with Crippen LogP contribution in [0.1, 0.15) is 5.56 Å². The van der Waals surface area contributed by atoms with Gasteiger partial charge in [-0.2, -0.15) is 0 Å². The third-order valence-corrected chi connectivity index (χ3v) is 5.56. The summed E-state index contributed by atoms with van der Waals surface area (Å²) in [5.74, 6) is 1.88. The maximum Gasteiger partial charge on any atom is 0.331 e. The van der Waals surface area contributed by atoms with Gasteiger partial charge >= 0.3 is 5.97 Å². The molecule has 0 bridgehead atoms. The molecule has 0 aliphatic carbocycles. The number of esters is 1. The van der Waals surface area contributed by atoms with Gasteiger partial charge in [-0.05, 0) is 37.4 Å². The summed E-state index contributed by atoms with van der Waals surface area (Å²) >= 11 is 6.31. The fourth-order valence-electron chi connectivity index (χ4n) is 3.59. The summed E-state index contributed by atoms with van der Waals surface area (Å²) in [4.78, 5) is 20.8. The Balaban J connectivity index is 1.62. The molecule has 4 rings (SSSR count). The van der Waals surface area contributed by atoms with E-state index >= 15 is 0 Å². The summed E-state index contributed by atoms with van der Waals surface area (Å²) in [5.41, 5.74) is 1.63.